The zero-order chi connectivity index (χ0) is 19.1. The fourth-order valence-corrected chi connectivity index (χ4v) is 2.25. The number of benzene rings is 2. The van der Waals surface area contributed by atoms with Gasteiger partial charge in [0.1, 0.15) is 11.5 Å². The molecule has 0 aliphatic heterocycles. The summed E-state index contributed by atoms with van der Waals surface area (Å²) in [5.74, 6) is -0.450. The van der Waals surface area contributed by atoms with E-state index in [1.165, 1.54) is 33.3 Å². The van der Waals surface area contributed by atoms with Crippen LogP contribution in [0.4, 0.5) is 5.69 Å². The van der Waals surface area contributed by atoms with Crippen molar-refractivity contribution in [3.8, 4) is 11.5 Å². The van der Waals surface area contributed by atoms with Gasteiger partial charge in [-0.2, -0.15) is 0 Å². The van der Waals surface area contributed by atoms with Crippen molar-refractivity contribution in [1.82, 2.24) is 0 Å². The summed E-state index contributed by atoms with van der Waals surface area (Å²) in [4.78, 5) is 35.5. The average molecular weight is 357 g/mol. The number of rotatable bonds is 7. The lowest BCUT2D eigenvalue weighted by molar-refractivity contribution is -0.114. The van der Waals surface area contributed by atoms with Crippen LogP contribution in [0.25, 0.3) is 0 Å². The number of Topliss-reactive ketones (excluding diaryl/α,β-unsaturated/α-hetero) is 1. The van der Waals surface area contributed by atoms with Crippen LogP contribution in [0.5, 0.6) is 11.5 Å². The smallest absolute Gasteiger partial charge is 0.338 e. The second-order valence-corrected chi connectivity index (χ2v) is 5.33. The number of carbonyl (C=O) groups is 3. The molecule has 0 aromatic heterocycles. The highest BCUT2D eigenvalue weighted by atomic mass is 16.5. The molecule has 1 N–H and O–H groups in total. The maximum absolute atomic E-state index is 12.3. The van der Waals surface area contributed by atoms with Gasteiger partial charge in [-0.15, -0.1) is 0 Å². The van der Waals surface area contributed by atoms with Gasteiger partial charge in [-0.3, -0.25) is 9.59 Å². The molecule has 2 rings (SSSR count). The summed E-state index contributed by atoms with van der Waals surface area (Å²) in [6.45, 7) is 0.928. The Balaban J connectivity index is 2.05. The standard InChI is InChI=1S/C19H19NO6/c1-12(21)20-14-6-4-5-13(9-14)19(23)26-11-17(22)16-8-7-15(24-2)10-18(16)25-3/h4-10H,11H2,1-3H3,(H,20,21). The maximum atomic E-state index is 12.3. The van der Waals surface area contributed by atoms with Crippen molar-refractivity contribution in [1.29, 1.82) is 0 Å². The molecule has 7 nitrogen and oxygen atoms in total. The molecule has 0 fully saturated rings. The van der Waals surface area contributed by atoms with Gasteiger partial charge in [0.2, 0.25) is 11.7 Å². The Kier molecular flexibility index (Phi) is 6.32. The largest absolute Gasteiger partial charge is 0.497 e. The van der Waals surface area contributed by atoms with Crippen LogP contribution < -0.4 is 14.8 Å². The van der Waals surface area contributed by atoms with Gasteiger partial charge in [0, 0.05) is 18.7 Å². The zero-order valence-corrected chi connectivity index (χ0v) is 14.7. The van der Waals surface area contributed by atoms with Crippen LogP contribution in [-0.2, 0) is 9.53 Å². The Morgan fingerprint density at radius 2 is 1.77 bits per heavy atom. The van der Waals surface area contributed by atoms with Crippen molar-refractivity contribution in [2.24, 2.45) is 0 Å². The Bertz CT molecular complexity index is 831. The summed E-state index contributed by atoms with van der Waals surface area (Å²) in [5.41, 5.74) is 0.981. The van der Waals surface area contributed by atoms with Gasteiger partial charge in [0.05, 0.1) is 25.3 Å². The third-order valence-corrected chi connectivity index (χ3v) is 3.46. The highest BCUT2D eigenvalue weighted by Crippen LogP contribution is 2.25. The van der Waals surface area contributed by atoms with E-state index in [1.54, 1.807) is 30.3 Å². The van der Waals surface area contributed by atoms with Crippen molar-refractivity contribution in [3.63, 3.8) is 0 Å². The van der Waals surface area contributed by atoms with Crippen LogP contribution in [0, 0.1) is 0 Å². The van der Waals surface area contributed by atoms with Gasteiger partial charge < -0.3 is 19.5 Å². The predicted octanol–water partition coefficient (Wildman–Crippen LogP) is 2.70. The summed E-state index contributed by atoms with van der Waals surface area (Å²) >= 11 is 0. The summed E-state index contributed by atoms with van der Waals surface area (Å²) in [6, 6.07) is 11.0. The number of hydrogen-bond acceptors (Lipinski definition) is 6. The van der Waals surface area contributed by atoms with Gasteiger partial charge >= 0.3 is 5.97 Å². The van der Waals surface area contributed by atoms with E-state index in [0.717, 1.165) is 0 Å². The van der Waals surface area contributed by atoms with Crippen LogP contribution in [0.2, 0.25) is 0 Å². The molecule has 0 saturated heterocycles. The number of amides is 1. The van der Waals surface area contributed by atoms with Crippen molar-refractivity contribution < 1.29 is 28.6 Å². The molecule has 0 saturated carbocycles. The number of carbonyl (C=O) groups excluding carboxylic acids is 3. The van der Waals surface area contributed by atoms with E-state index in [2.05, 4.69) is 5.32 Å². The number of methoxy groups -OCH3 is 2. The van der Waals surface area contributed by atoms with E-state index in [-0.39, 0.29) is 17.0 Å². The minimum absolute atomic E-state index is 0.228. The average Bonchev–Trinajstić information content (AvgIpc) is 2.64. The third-order valence-electron chi connectivity index (χ3n) is 3.46. The first-order valence-corrected chi connectivity index (χ1v) is 7.74. The second-order valence-electron chi connectivity index (χ2n) is 5.33. The third kappa shape index (κ3) is 4.83. The van der Waals surface area contributed by atoms with E-state index < -0.39 is 18.4 Å². The summed E-state index contributed by atoms with van der Waals surface area (Å²) < 4.78 is 15.3. The summed E-state index contributed by atoms with van der Waals surface area (Å²) in [5, 5.41) is 2.57. The molecule has 0 aliphatic carbocycles. The number of nitrogens with one attached hydrogen (secondary N) is 1. The van der Waals surface area contributed by atoms with Crippen LogP contribution in [-0.4, -0.2) is 38.5 Å². The second kappa shape index (κ2) is 8.66. The fourth-order valence-electron chi connectivity index (χ4n) is 2.25. The predicted molar refractivity (Wildman–Crippen MR) is 94.9 cm³/mol. The molecule has 136 valence electrons. The molecule has 2 aromatic rings. The number of anilines is 1. The molecule has 0 aliphatic rings. The molecule has 26 heavy (non-hydrogen) atoms. The lowest BCUT2D eigenvalue weighted by Gasteiger charge is -2.10. The maximum Gasteiger partial charge on any atom is 0.338 e. The zero-order valence-electron chi connectivity index (χ0n) is 14.7. The molecule has 7 heteroatoms. The lowest BCUT2D eigenvalue weighted by Crippen LogP contribution is -2.15. The van der Waals surface area contributed by atoms with E-state index >= 15 is 0 Å². The molecule has 0 unspecified atom stereocenters. The first-order chi connectivity index (χ1) is 12.4. The van der Waals surface area contributed by atoms with E-state index in [9.17, 15) is 14.4 Å². The highest BCUT2D eigenvalue weighted by molar-refractivity contribution is 6.01. The first kappa shape index (κ1) is 19.0. The van der Waals surface area contributed by atoms with Crippen LogP contribution >= 0.6 is 0 Å². The molecular formula is C19H19NO6. The normalized spacial score (nSPS) is 9.96. The number of hydrogen-bond donors (Lipinski definition) is 1. The molecule has 0 radical (unpaired) electrons. The molecule has 0 spiro atoms. The molecule has 0 heterocycles. The molecule has 0 bridgehead atoms. The quantitative estimate of drug-likeness (QED) is 0.605. The SMILES string of the molecule is COc1ccc(C(=O)COC(=O)c2cccc(NC(C)=O)c2)c(OC)c1. The van der Waals surface area contributed by atoms with Crippen LogP contribution in [0.1, 0.15) is 27.6 Å². The van der Waals surface area contributed by atoms with Crippen molar-refractivity contribution in [3.05, 3.63) is 53.6 Å². The minimum Gasteiger partial charge on any atom is -0.497 e. The summed E-state index contributed by atoms with van der Waals surface area (Å²) in [7, 11) is 2.94. The number of ether oxygens (including phenoxy) is 3. The monoisotopic (exact) mass is 357 g/mol. The van der Waals surface area contributed by atoms with Gasteiger partial charge in [0.25, 0.3) is 0 Å². The van der Waals surface area contributed by atoms with Gasteiger partial charge in [-0.25, -0.2) is 4.79 Å². The Hall–Kier alpha value is -3.35. The lowest BCUT2D eigenvalue weighted by atomic mass is 10.1. The molecule has 0 atom stereocenters. The van der Waals surface area contributed by atoms with Gasteiger partial charge in [-0.05, 0) is 30.3 Å². The van der Waals surface area contributed by atoms with Crippen molar-refractivity contribution in [2.75, 3.05) is 26.1 Å². The summed E-state index contributed by atoms with van der Waals surface area (Å²) in [6.07, 6.45) is 0. The Morgan fingerprint density at radius 1 is 1.00 bits per heavy atom. The van der Waals surface area contributed by atoms with E-state index in [4.69, 9.17) is 14.2 Å². The van der Waals surface area contributed by atoms with E-state index in [0.29, 0.717) is 17.2 Å². The van der Waals surface area contributed by atoms with Crippen molar-refractivity contribution in [2.45, 2.75) is 6.92 Å². The molecular weight excluding hydrogens is 338 g/mol. The van der Waals surface area contributed by atoms with Gasteiger partial charge in [0.15, 0.2) is 6.61 Å². The molecule has 1 amide bonds. The minimum atomic E-state index is -0.668. The van der Waals surface area contributed by atoms with E-state index in [1.807, 2.05) is 0 Å². The molecule has 2 aromatic carbocycles. The number of esters is 1. The highest BCUT2D eigenvalue weighted by Gasteiger charge is 2.16. The van der Waals surface area contributed by atoms with Gasteiger partial charge in [-0.1, -0.05) is 6.07 Å². The van der Waals surface area contributed by atoms with Crippen LogP contribution in [0.15, 0.2) is 42.5 Å². The van der Waals surface area contributed by atoms with Crippen molar-refractivity contribution >= 4 is 23.3 Å². The topological polar surface area (TPSA) is 90.9 Å². The Labute approximate surface area is 150 Å². The number of ketones is 1. The first-order valence-electron chi connectivity index (χ1n) is 7.74. The van der Waals surface area contributed by atoms with Crippen LogP contribution in [0.3, 0.4) is 0 Å². The Morgan fingerprint density at radius 3 is 2.42 bits per heavy atom. The fraction of sp³-hybridized carbons (Fsp3) is 0.211.